The summed E-state index contributed by atoms with van der Waals surface area (Å²) < 4.78 is 0. The smallest absolute Gasteiger partial charge is 0.335 e. The molecule has 2 N–H and O–H groups in total. The van der Waals surface area contributed by atoms with Crippen LogP contribution in [0.3, 0.4) is 0 Å². The van der Waals surface area contributed by atoms with Crippen LogP contribution in [-0.4, -0.2) is 26.8 Å². The molecular weight excluding hydrogens is 438 g/mol. The number of carbonyl (C=O) groups excluding carboxylic acids is 1. The number of aromatic carboxylic acids is 1. The van der Waals surface area contributed by atoms with E-state index in [0.29, 0.717) is 17.2 Å². The summed E-state index contributed by atoms with van der Waals surface area (Å²) in [6.07, 6.45) is 0.336. The van der Waals surface area contributed by atoms with Gasteiger partial charge in [-0.05, 0) is 32.0 Å². The van der Waals surface area contributed by atoms with Gasteiger partial charge in [0.25, 0.3) is 0 Å². The van der Waals surface area contributed by atoms with Crippen molar-refractivity contribution in [2.24, 2.45) is 0 Å². The Kier molecular flexibility index (Phi) is 6.63. The fourth-order valence-electron chi connectivity index (χ4n) is 2.27. The molecule has 0 saturated heterocycles. The first-order valence-electron chi connectivity index (χ1n) is 7.44. The number of anilines is 2. The van der Waals surface area contributed by atoms with E-state index in [2.05, 4.69) is 15.3 Å². The lowest BCUT2D eigenvalue weighted by atomic mass is 10.2. The molecule has 6 nitrogen and oxygen atoms in total. The number of aromatic nitrogens is 2. The van der Waals surface area contributed by atoms with Crippen LogP contribution in [0.4, 0.5) is 10.8 Å². The van der Waals surface area contributed by atoms with Crippen molar-refractivity contribution < 1.29 is 14.7 Å². The zero-order valence-corrected chi connectivity index (χ0v) is 17.3. The molecule has 0 unspecified atom stereocenters. The van der Waals surface area contributed by atoms with Gasteiger partial charge in [-0.15, -0.1) is 39.7 Å². The van der Waals surface area contributed by atoms with Crippen LogP contribution in [-0.2, 0) is 11.2 Å². The van der Waals surface area contributed by atoms with Crippen molar-refractivity contribution >= 4 is 62.2 Å². The third-order valence-corrected chi connectivity index (χ3v) is 5.28. The summed E-state index contributed by atoms with van der Waals surface area (Å²) in [6.45, 7) is 3.45. The van der Waals surface area contributed by atoms with Gasteiger partial charge in [0, 0.05) is 11.1 Å². The Morgan fingerprint density at radius 2 is 2.04 bits per heavy atom. The molecule has 1 aromatic carbocycles. The van der Waals surface area contributed by atoms with Crippen molar-refractivity contribution in [1.29, 1.82) is 0 Å². The lowest BCUT2D eigenvalue weighted by Crippen LogP contribution is -1.97. The minimum absolute atomic E-state index is 0. The second-order valence-electron chi connectivity index (χ2n) is 5.45. The quantitative estimate of drug-likeness (QED) is 0.560. The van der Waals surface area contributed by atoms with Crippen LogP contribution >= 0.6 is 39.7 Å². The molecule has 0 aliphatic rings. The van der Waals surface area contributed by atoms with Crippen molar-refractivity contribution in [2.45, 2.75) is 20.3 Å². The first-order chi connectivity index (χ1) is 11.9. The summed E-state index contributed by atoms with van der Waals surface area (Å²) >= 11 is 2.90. The van der Waals surface area contributed by atoms with E-state index in [1.165, 1.54) is 28.7 Å². The topological polar surface area (TPSA) is 92.2 Å². The van der Waals surface area contributed by atoms with E-state index in [-0.39, 0.29) is 28.3 Å². The van der Waals surface area contributed by atoms with Crippen LogP contribution in [0.15, 0.2) is 29.6 Å². The predicted molar refractivity (Wildman–Crippen MR) is 109 cm³/mol. The molecule has 0 aliphatic heterocycles. The first-order valence-corrected chi connectivity index (χ1v) is 9.14. The summed E-state index contributed by atoms with van der Waals surface area (Å²) in [5.41, 5.74) is 2.53. The maximum atomic E-state index is 11.3. The SMILES string of the molecule is Br.CC(=O)Cc1nc(C)c(-c2csc(Nc3cccc(C(=O)O)c3)n2)s1. The van der Waals surface area contributed by atoms with Crippen LogP contribution in [0.1, 0.15) is 28.0 Å². The van der Waals surface area contributed by atoms with Gasteiger partial charge in [0.05, 0.1) is 28.2 Å². The first kappa shape index (κ1) is 20.2. The van der Waals surface area contributed by atoms with Gasteiger partial charge in [0.2, 0.25) is 0 Å². The number of carboxylic acids is 1. The number of nitrogens with zero attached hydrogens (tertiary/aromatic N) is 2. The van der Waals surface area contributed by atoms with Gasteiger partial charge in [-0.2, -0.15) is 0 Å². The van der Waals surface area contributed by atoms with Crippen LogP contribution in [0.25, 0.3) is 10.6 Å². The lowest BCUT2D eigenvalue weighted by Gasteiger charge is -2.03. The monoisotopic (exact) mass is 453 g/mol. The van der Waals surface area contributed by atoms with E-state index in [9.17, 15) is 9.59 Å². The number of rotatable bonds is 6. The number of benzene rings is 1. The van der Waals surface area contributed by atoms with Gasteiger partial charge in [-0.3, -0.25) is 4.79 Å². The van der Waals surface area contributed by atoms with Gasteiger partial charge in [-0.25, -0.2) is 14.8 Å². The summed E-state index contributed by atoms with van der Waals surface area (Å²) in [7, 11) is 0. The number of ketones is 1. The van der Waals surface area contributed by atoms with Crippen LogP contribution in [0, 0.1) is 6.92 Å². The molecule has 0 bridgehead atoms. The molecule has 0 atom stereocenters. The molecule has 2 heterocycles. The molecule has 136 valence electrons. The Balaban J connectivity index is 0.00000243. The molecule has 0 radical (unpaired) electrons. The second kappa shape index (κ2) is 8.52. The van der Waals surface area contributed by atoms with Crippen LogP contribution in [0.2, 0.25) is 0 Å². The zero-order chi connectivity index (χ0) is 18.0. The number of Topliss-reactive ketones (excluding diaryl/α,β-unsaturated/α-hetero) is 1. The Morgan fingerprint density at radius 3 is 2.73 bits per heavy atom. The molecule has 9 heteroatoms. The van der Waals surface area contributed by atoms with Gasteiger partial charge >= 0.3 is 5.97 Å². The van der Waals surface area contributed by atoms with Crippen molar-refractivity contribution in [1.82, 2.24) is 9.97 Å². The highest BCUT2D eigenvalue weighted by atomic mass is 79.9. The van der Waals surface area contributed by atoms with E-state index >= 15 is 0 Å². The lowest BCUT2D eigenvalue weighted by molar-refractivity contribution is -0.116. The zero-order valence-electron chi connectivity index (χ0n) is 14.0. The Hall–Kier alpha value is -2.10. The fourth-order valence-corrected chi connectivity index (χ4v) is 4.16. The standard InChI is InChI=1S/C17H15N3O3S2.BrH/c1-9(21)6-14-18-10(2)15(25-14)13-8-24-17(20-13)19-12-5-3-4-11(7-12)16(22)23;/h3-5,7-8H,6H2,1-2H3,(H,19,20)(H,22,23);1H. The van der Waals surface area contributed by atoms with Gasteiger partial charge in [-0.1, -0.05) is 6.07 Å². The molecule has 26 heavy (non-hydrogen) atoms. The van der Waals surface area contributed by atoms with Crippen molar-refractivity contribution in [3.05, 3.63) is 45.9 Å². The summed E-state index contributed by atoms with van der Waals surface area (Å²) in [5, 5.41) is 15.5. The van der Waals surface area contributed by atoms with E-state index < -0.39 is 5.97 Å². The van der Waals surface area contributed by atoms with Crippen molar-refractivity contribution in [3.8, 4) is 10.6 Å². The average molecular weight is 454 g/mol. The second-order valence-corrected chi connectivity index (χ2v) is 7.39. The van der Waals surface area contributed by atoms with E-state index in [0.717, 1.165) is 21.3 Å². The largest absolute Gasteiger partial charge is 0.478 e. The van der Waals surface area contributed by atoms with Gasteiger partial charge in [0.15, 0.2) is 5.13 Å². The van der Waals surface area contributed by atoms with Gasteiger partial charge in [0.1, 0.15) is 10.8 Å². The molecule has 0 aliphatic carbocycles. The molecule has 0 fully saturated rings. The Bertz CT molecular complexity index is 952. The summed E-state index contributed by atoms with van der Waals surface area (Å²) in [6, 6.07) is 6.57. The van der Waals surface area contributed by atoms with E-state index in [1.807, 2.05) is 12.3 Å². The Morgan fingerprint density at radius 1 is 1.27 bits per heavy atom. The summed E-state index contributed by atoms with van der Waals surface area (Å²) in [5.74, 6) is -0.888. The number of carbonyl (C=O) groups is 2. The fraction of sp³-hybridized carbons (Fsp3) is 0.176. The van der Waals surface area contributed by atoms with Crippen molar-refractivity contribution in [3.63, 3.8) is 0 Å². The maximum Gasteiger partial charge on any atom is 0.335 e. The van der Waals surface area contributed by atoms with E-state index in [4.69, 9.17) is 5.11 Å². The highest BCUT2D eigenvalue weighted by Crippen LogP contribution is 2.33. The number of hydrogen-bond acceptors (Lipinski definition) is 7. The van der Waals surface area contributed by atoms with E-state index in [1.54, 1.807) is 25.1 Å². The number of aryl methyl sites for hydroxylation is 1. The average Bonchev–Trinajstić information content (AvgIpc) is 3.13. The molecule has 3 rings (SSSR count). The third kappa shape index (κ3) is 4.75. The molecule has 2 aromatic heterocycles. The molecule has 0 saturated carbocycles. The number of carboxylic acid groups (broad SMARTS) is 1. The Labute approximate surface area is 168 Å². The number of hydrogen-bond donors (Lipinski definition) is 2. The highest BCUT2D eigenvalue weighted by molar-refractivity contribution is 8.93. The molecular formula is C17H16BrN3O3S2. The number of thiazole rings is 2. The number of nitrogens with one attached hydrogen (secondary N) is 1. The van der Waals surface area contributed by atoms with Crippen molar-refractivity contribution in [2.75, 3.05) is 5.32 Å². The third-order valence-electron chi connectivity index (χ3n) is 3.34. The van der Waals surface area contributed by atoms with Gasteiger partial charge < -0.3 is 10.4 Å². The van der Waals surface area contributed by atoms with Crippen LogP contribution in [0.5, 0.6) is 0 Å². The highest BCUT2D eigenvalue weighted by Gasteiger charge is 2.14. The molecule has 0 spiro atoms. The summed E-state index contributed by atoms with van der Waals surface area (Å²) in [4.78, 5) is 32.2. The van der Waals surface area contributed by atoms with Crippen LogP contribution < -0.4 is 5.32 Å². The number of halogens is 1. The maximum absolute atomic E-state index is 11.3. The molecule has 3 aromatic rings. The minimum atomic E-state index is -0.971. The normalized spacial score (nSPS) is 10.2. The minimum Gasteiger partial charge on any atom is -0.478 e. The molecule has 0 amide bonds. The predicted octanol–water partition coefficient (Wildman–Crippen LogP) is 4.73.